The van der Waals surface area contributed by atoms with E-state index in [2.05, 4.69) is 4.98 Å². The van der Waals surface area contributed by atoms with Gasteiger partial charge in [0.1, 0.15) is 0 Å². The monoisotopic (exact) mass is 541 g/mol. The van der Waals surface area contributed by atoms with Crippen molar-refractivity contribution in [3.63, 3.8) is 0 Å². The van der Waals surface area contributed by atoms with Crippen LogP contribution < -0.4 is 5.56 Å². The van der Waals surface area contributed by atoms with Gasteiger partial charge in [-0.25, -0.2) is 4.98 Å². The number of para-hydroxylation sites is 1. The Morgan fingerprint density at radius 1 is 0.897 bits per heavy atom. The van der Waals surface area contributed by atoms with Crippen molar-refractivity contribution in [1.82, 2.24) is 23.9 Å². The SMILES string of the molecule is CSc1nc2cc(C(=O)N3CCC4(CCN(C(=O)c5ccccc5-n5cccc5)CC4)C3)ccc2c(=O)n1C. The van der Waals surface area contributed by atoms with E-state index in [-0.39, 0.29) is 22.8 Å². The first kappa shape index (κ1) is 25.4. The van der Waals surface area contributed by atoms with Gasteiger partial charge in [0.25, 0.3) is 17.4 Å². The lowest BCUT2D eigenvalue weighted by molar-refractivity contribution is 0.0565. The Hall–Kier alpha value is -3.85. The molecule has 0 atom stereocenters. The summed E-state index contributed by atoms with van der Waals surface area (Å²) in [7, 11) is 1.71. The zero-order chi connectivity index (χ0) is 27.1. The summed E-state index contributed by atoms with van der Waals surface area (Å²) in [5.74, 6) is 0.0283. The van der Waals surface area contributed by atoms with Crippen molar-refractivity contribution in [2.24, 2.45) is 12.5 Å². The number of thioether (sulfide) groups is 1. The molecular weight excluding hydrogens is 510 g/mol. The van der Waals surface area contributed by atoms with Crippen molar-refractivity contribution < 1.29 is 9.59 Å². The highest BCUT2D eigenvalue weighted by Gasteiger charge is 2.43. The predicted molar refractivity (Wildman–Crippen MR) is 153 cm³/mol. The molecule has 0 unspecified atom stereocenters. The standard InChI is InChI=1S/C30H31N5O3S/c1-32-27(37)22-10-9-21(19-24(22)31-29(32)39-2)26(36)35-18-13-30(20-35)11-16-34(17-12-30)28(38)23-7-3-4-8-25(23)33-14-5-6-15-33/h3-10,14-15,19H,11-13,16-18,20H2,1-2H3. The van der Waals surface area contributed by atoms with E-state index in [4.69, 9.17) is 0 Å². The Balaban J connectivity index is 1.14. The highest BCUT2D eigenvalue weighted by atomic mass is 32.2. The Kier molecular flexibility index (Phi) is 6.54. The number of rotatable bonds is 4. The van der Waals surface area contributed by atoms with E-state index in [0.29, 0.717) is 53.4 Å². The second-order valence-electron chi connectivity index (χ2n) is 10.6. The minimum absolute atomic E-state index is 0.0268. The van der Waals surface area contributed by atoms with Crippen LogP contribution in [0.5, 0.6) is 0 Å². The second kappa shape index (κ2) is 10.0. The summed E-state index contributed by atoms with van der Waals surface area (Å²) in [6, 6.07) is 16.8. The maximum atomic E-state index is 13.5. The average molecular weight is 542 g/mol. The summed E-state index contributed by atoms with van der Waals surface area (Å²) in [6.07, 6.45) is 8.47. The molecule has 4 aromatic rings. The summed E-state index contributed by atoms with van der Waals surface area (Å²) >= 11 is 1.41. The zero-order valence-corrected chi connectivity index (χ0v) is 23.0. The fraction of sp³-hybridized carbons (Fsp3) is 0.333. The normalized spacial score (nSPS) is 16.8. The van der Waals surface area contributed by atoms with Crippen LogP contribution in [-0.2, 0) is 7.05 Å². The Morgan fingerprint density at radius 2 is 1.59 bits per heavy atom. The smallest absolute Gasteiger partial charge is 0.261 e. The van der Waals surface area contributed by atoms with Gasteiger partial charge in [-0.05, 0) is 73.4 Å². The van der Waals surface area contributed by atoms with Gasteiger partial charge in [-0.15, -0.1) is 0 Å². The van der Waals surface area contributed by atoms with E-state index in [1.165, 1.54) is 16.3 Å². The van der Waals surface area contributed by atoms with E-state index in [1.54, 1.807) is 25.2 Å². The van der Waals surface area contributed by atoms with Crippen molar-refractivity contribution in [1.29, 1.82) is 0 Å². The number of carbonyl (C=O) groups is 2. The molecule has 0 radical (unpaired) electrons. The molecular formula is C30H31N5O3S. The predicted octanol–water partition coefficient (Wildman–Crippen LogP) is 4.21. The van der Waals surface area contributed by atoms with Crippen LogP contribution >= 0.6 is 11.8 Å². The minimum atomic E-state index is -0.110. The van der Waals surface area contributed by atoms with Crippen LogP contribution in [0.25, 0.3) is 16.6 Å². The number of hydrogen-bond acceptors (Lipinski definition) is 5. The fourth-order valence-electron chi connectivity index (χ4n) is 5.99. The van der Waals surface area contributed by atoms with E-state index in [9.17, 15) is 14.4 Å². The third kappa shape index (κ3) is 4.54. The van der Waals surface area contributed by atoms with Gasteiger partial charge in [0, 0.05) is 51.2 Å². The number of piperidine rings is 1. The van der Waals surface area contributed by atoms with Crippen LogP contribution in [0.3, 0.4) is 0 Å². The van der Waals surface area contributed by atoms with Crippen LogP contribution in [-0.4, -0.2) is 68.2 Å². The number of hydrogen-bond donors (Lipinski definition) is 0. The molecule has 2 aliphatic heterocycles. The third-order valence-corrected chi connectivity index (χ3v) is 9.05. The van der Waals surface area contributed by atoms with Crippen LogP contribution in [0.4, 0.5) is 0 Å². The first-order valence-corrected chi connectivity index (χ1v) is 14.5. The molecule has 0 N–H and O–H groups in total. The Labute approximate surface area is 231 Å². The van der Waals surface area contributed by atoms with Gasteiger partial charge in [-0.2, -0.15) is 0 Å². The zero-order valence-electron chi connectivity index (χ0n) is 22.2. The number of nitrogens with zero attached hydrogens (tertiary/aromatic N) is 5. The molecule has 2 aromatic heterocycles. The molecule has 2 saturated heterocycles. The molecule has 2 aromatic carbocycles. The van der Waals surface area contributed by atoms with Crippen molar-refractivity contribution in [2.45, 2.75) is 24.4 Å². The minimum Gasteiger partial charge on any atom is -0.339 e. The molecule has 2 aliphatic rings. The van der Waals surface area contributed by atoms with Gasteiger partial charge in [-0.1, -0.05) is 23.9 Å². The quantitative estimate of drug-likeness (QED) is 0.286. The number of benzene rings is 2. The van der Waals surface area contributed by atoms with E-state index < -0.39 is 0 Å². The van der Waals surface area contributed by atoms with Gasteiger partial charge in [0.05, 0.1) is 22.2 Å². The highest BCUT2D eigenvalue weighted by molar-refractivity contribution is 7.98. The van der Waals surface area contributed by atoms with E-state index >= 15 is 0 Å². The molecule has 2 fully saturated rings. The average Bonchev–Trinajstić information content (AvgIpc) is 3.65. The maximum Gasteiger partial charge on any atom is 0.261 e. The van der Waals surface area contributed by atoms with Gasteiger partial charge in [0.15, 0.2) is 5.16 Å². The third-order valence-electron chi connectivity index (χ3n) is 8.32. The number of amides is 2. The molecule has 0 saturated carbocycles. The van der Waals surface area contributed by atoms with Gasteiger partial charge >= 0.3 is 0 Å². The summed E-state index contributed by atoms with van der Waals surface area (Å²) in [5, 5.41) is 1.13. The molecule has 2 amide bonds. The largest absolute Gasteiger partial charge is 0.339 e. The van der Waals surface area contributed by atoms with E-state index in [1.807, 2.05) is 69.4 Å². The Bertz CT molecular complexity index is 1620. The van der Waals surface area contributed by atoms with Crippen molar-refractivity contribution in [2.75, 3.05) is 32.4 Å². The molecule has 0 aliphatic carbocycles. The number of carbonyl (C=O) groups excluding carboxylic acids is 2. The van der Waals surface area contributed by atoms with Gasteiger partial charge in [-0.3, -0.25) is 19.0 Å². The van der Waals surface area contributed by atoms with Crippen molar-refractivity contribution in [3.8, 4) is 5.69 Å². The molecule has 9 heteroatoms. The first-order valence-electron chi connectivity index (χ1n) is 13.2. The van der Waals surface area contributed by atoms with Crippen LogP contribution in [0.2, 0.25) is 0 Å². The lowest BCUT2D eigenvalue weighted by Crippen LogP contribution is -2.45. The van der Waals surface area contributed by atoms with Crippen molar-refractivity contribution >= 4 is 34.5 Å². The van der Waals surface area contributed by atoms with Crippen molar-refractivity contribution in [3.05, 3.63) is 88.5 Å². The maximum absolute atomic E-state index is 13.5. The van der Waals surface area contributed by atoms with E-state index in [0.717, 1.165) is 24.9 Å². The van der Waals surface area contributed by atoms with Crippen LogP contribution in [0.1, 0.15) is 40.0 Å². The molecule has 1 spiro atoms. The fourth-order valence-corrected chi connectivity index (χ4v) is 6.54. The highest BCUT2D eigenvalue weighted by Crippen LogP contribution is 2.41. The number of aromatic nitrogens is 3. The molecule has 0 bridgehead atoms. The number of fused-ring (bicyclic) bond motifs is 1. The number of likely N-dealkylation sites (tertiary alicyclic amines) is 2. The summed E-state index contributed by atoms with van der Waals surface area (Å²) < 4.78 is 3.51. The summed E-state index contributed by atoms with van der Waals surface area (Å²) in [4.78, 5) is 48.1. The molecule has 8 nitrogen and oxygen atoms in total. The van der Waals surface area contributed by atoms with Gasteiger partial charge in [0.2, 0.25) is 0 Å². The Morgan fingerprint density at radius 3 is 2.31 bits per heavy atom. The topological polar surface area (TPSA) is 80.4 Å². The lowest BCUT2D eigenvalue weighted by Gasteiger charge is -2.39. The molecule has 39 heavy (non-hydrogen) atoms. The molecule has 6 rings (SSSR count). The van der Waals surface area contributed by atoms with Crippen LogP contribution in [0.15, 0.2) is 76.9 Å². The van der Waals surface area contributed by atoms with Crippen LogP contribution in [0, 0.1) is 5.41 Å². The summed E-state index contributed by atoms with van der Waals surface area (Å²) in [6.45, 7) is 2.75. The molecule has 200 valence electrons. The molecule has 4 heterocycles. The first-order chi connectivity index (χ1) is 18.9. The second-order valence-corrected chi connectivity index (χ2v) is 11.3. The summed E-state index contributed by atoms with van der Waals surface area (Å²) in [5.41, 5.74) is 2.62. The van der Waals surface area contributed by atoms with Gasteiger partial charge < -0.3 is 14.4 Å². The lowest BCUT2D eigenvalue weighted by atomic mass is 9.77.